The van der Waals surface area contributed by atoms with E-state index in [9.17, 15) is 18.0 Å². The van der Waals surface area contributed by atoms with Crippen LogP contribution in [0, 0.1) is 0 Å². The third kappa shape index (κ3) is 4.63. The van der Waals surface area contributed by atoms with Gasteiger partial charge in [-0.1, -0.05) is 48.5 Å². The van der Waals surface area contributed by atoms with Gasteiger partial charge < -0.3 is 0 Å². The minimum Gasteiger partial charge on any atom is -0.290 e. The molecule has 1 unspecified atom stereocenters. The highest BCUT2D eigenvalue weighted by Gasteiger charge is 2.39. The maximum Gasteiger partial charge on any atom is 0.450 e. The molecule has 0 N–H and O–H groups in total. The average Bonchev–Trinajstić information content (AvgIpc) is 2.47. The highest BCUT2D eigenvalue weighted by molar-refractivity contribution is 7.99. The lowest BCUT2D eigenvalue weighted by molar-refractivity contribution is -0.171. The van der Waals surface area contributed by atoms with Gasteiger partial charge in [0.2, 0.25) is 5.78 Å². The molecule has 0 aliphatic carbocycles. The quantitative estimate of drug-likeness (QED) is 0.720. The van der Waals surface area contributed by atoms with Crippen molar-refractivity contribution in [3.8, 4) is 0 Å². The van der Waals surface area contributed by atoms with Crippen molar-refractivity contribution in [2.75, 3.05) is 0 Å². The number of carbonyl (C=O) groups is 1. The Morgan fingerprint density at radius 1 is 0.952 bits per heavy atom. The number of carbonyl (C=O) groups excluding carboxylic acids is 1. The summed E-state index contributed by atoms with van der Waals surface area (Å²) in [5.74, 6) is -1.69. The molecule has 0 heterocycles. The first-order valence-electron chi connectivity index (χ1n) is 6.33. The van der Waals surface area contributed by atoms with Gasteiger partial charge in [0.1, 0.15) is 0 Å². The van der Waals surface area contributed by atoms with E-state index in [1.54, 1.807) is 30.3 Å². The van der Waals surface area contributed by atoms with E-state index in [-0.39, 0.29) is 0 Å². The normalized spacial score (nSPS) is 12.9. The summed E-state index contributed by atoms with van der Waals surface area (Å²) in [7, 11) is 0. The van der Waals surface area contributed by atoms with E-state index in [1.165, 1.54) is 11.8 Å². The molecule has 2 rings (SSSR count). The molecule has 110 valence electrons. The van der Waals surface area contributed by atoms with Crippen molar-refractivity contribution < 1.29 is 18.0 Å². The number of rotatable bonds is 5. The highest BCUT2D eigenvalue weighted by Crippen LogP contribution is 2.39. The molecule has 2 aromatic rings. The van der Waals surface area contributed by atoms with E-state index in [1.807, 2.05) is 30.3 Å². The van der Waals surface area contributed by atoms with Crippen LogP contribution < -0.4 is 0 Å². The van der Waals surface area contributed by atoms with E-state index >= 15 is 0 Å². The lowest BCUT2D eigenvalue weighted by Gasteiger charge is -2.17. The van der Waals surface area contributed by atoms with Crippen LogP contribution in [-0.2, 0) is 4.79 Å². The third-order valence-electron chi connectivity index (χ3n) is 2.88. The van der Waals surface area contributed by atoms with Gasteiger partial charge in [-0.15, -0.1) is 11.8 Å². The van der Waals surface area contributed by atoms with E-state index in [0.29, 0.717) is 5.56 Å². The van der Waals surface area contributed by atoms with Crippen LogP contribution in [0.5, 0.6) is 0 Å². The van der Waals surface area contributed by atoms with E-state index in [2.05, 4.69) is 0 Å². The fourth-order valence-corrected chi connectivity index (χ4v) is 3.01. The fourth-order valence-electron chi connectivity index (χ4n) is 1.84. The van der Waals surface area contributed by atoms with Crippen LogP contribution in [0.4, 0.5) is 13.2 Å². The molecule has 0 fully saturated rings. The molecular weight excluding hydrogens is 297 g/mol. The molecule has 0 aliphatic heterocycles. The van der Waals surface area contributed by atoms with Gasteiger partial charge in [0.15, 0.2) is 0 Å². The van der Waals surface area contributed by atoms with Crippen LogP contribution in [0.25, 0.3) is 0 Å². The fraction of sp³-hybridized carbons (Fsp3) is 0.188. The van der Waals surface area contributed by atoms with Crippen LogP contribution in [0.1, 0.15) is 17.2 Å². The Morgan fingerprint density at radius 2 is 1.48 bits per heavy atom. The zero-order chi connectivity index (χ0) is 15.3. The number of halogens is 3. The standard InChI is InChI=1S/C16H13F3OS/c17-16(18,19)15(20)11-14(12-7-3-1-4-8-12)21-13-9-5-2-6-10-13/h1-10,14H,11H2. The van der Waals surface area contributed by atoms with Crippen molar-refractivity contribution in [3.63, 3.8) is 0 Å². The van der Waals surface area contributed by atoms with Gasteiger partial charge in [-0.05, 0) is 17.7 Å². The molecule has 0 amide bonds. The van der Waals surface area contributed by atoms with E-state index < -0.39 is 23.6 Å². The number of Topliss-reactive ketones (excluding diaryl/α,β-unsaturated/α-hetero) is 1. The number of hydrogen-bond donors (Lipinski definition) is 0. The minimum absolute atomic E-state index is 0.553. The van der Waals surface area contributed by atoms with Crippen LogP contribution in [0.3, 0.4) is 0 Å². The Kier molecular flexibility index (Phi) is 5.07. The summed E-state index contributed by atoms with van der Waals surface area (Å²) < 4.78 is 37.5. The number of benzene rings is 2. The number of thioether (sulfide) groups is 1. The molecule has 0 saturated heterocycles. The van der Waals surface area contributed by atoms with Gasteiger partial charge in [0.25, 0.3) is 0 Å². The Balaban J connectivity index is 2.21. The molecule has 1 atom stereocenters. The van der Waals surface area contributed by atoms with Crippen molar-refractivity contribution >= 4 is 17.5 Å². The summed E-state index contributed by atoms with van der Waals surface area (Å²) >= 11 is 1.27. The van der Waals surface area contributed by atoms with Crippen molar-refractivity contribution in [1.82, 2.24) is 0 Å². The van der Waals surface area contributed by atoms with Crippen LogP contribution in [0.15, 0.2) is 65.6 Å². The van der Waals surface area contributed by atoms with Gasteiger partial charge in [-0.25, -0.2) is 0 Å². The summed E-state index contributed by atoms with van der Waals surface area (Å²) in [4.78, 5) is 12.1. The zero-order valence-corrected chi connectivity index (χ0v) is 11.8. The Labute approximate surface area is 125 Å². The van der Waals surface area contributed by atoms with Gasteiger partial charge in [0, 0.05) is 16.6 Å². The number of hydrogen-bond acceptors (Lipinski definition) is 2. The molecule has 0 aliphatic rings. The first kappa shape index (κ1) is 15.6. The molecule has 0 aromatic heterocycles. The Hall–Kier alpha value is -1.75. The summed E-state index contributed by atoms with van der Waals surface area (Å²) in [5, 5.41) is -0.553. The lowest BCUT2D eigenvalue weighted by atomic mass is 10.1. The SMILES string of the molecule is O=C(CC(Sc1ccccc1)c1ccccc1)C(F)(F)F. The smallest absolute Gasteiger partial charge is 0.290 e. The lowest BCUT2D eigenvalue weighted by Crippen LogP contribution is -2.24. The van der Waals surface area contributed by atoms with Gasteiger partial charge in [0.05, 0.1) is 0 Å². The molecule has 2 aromatic carbocycles. The number of alkyl halides is 3. The second kappa shape index (κ2) is 6.80. The molecule has 0 saturated carbocycles. The maximum atomic E-state index is 12.5. The maximum absolute atomic E-state index is 12.5. The average molecular weight is 310 g/mol. The molecular formula is C16H13F3OS. The largest absolute Gasteiger partial charge is 0.450 e. The molecule has 0 radical (unpaired) electrons. The van der Waals surface area contributed by atoms with Gasteiger partial charge >= 0.3 is 6.18 Å². The molecule has 0 spiro atoms. The van der Waals surface area contributed by atoms with Crippen molar-refractivity contribution in [2.24, 2.45) is 0 Å². The molecule has 1 nitrogen and oxygen atoms in total. The Bertz CT molecular complexity index is 581. The second-order valence-electron chi connectivity index (χ2n) is 4.46. The van der Waals surface area contributed by atoms with Crippen LogP contribution in [0.2, 0.25) is 0 Å². The second-order valence-corrected chi connectivity index (χ2v) is 5.73. The zero-order valence-electron chi connectivity index (χ0n) is 11.0. The first-order valence-corrected chi connectivity index (χ1v) is 7.21. The van der Waals surface area contributed by atoms with Crippen molar-refractivity contribution in [1.29, 1.82) is 0 Å². The summed E-state index contributed by atoms with van der Waals surface area (Å²) in [6.45, 7) is 0. The highest BCUT2D eigenvalue weighted by atomic mass is 32.2. The monoisotopic (exact) mass is 310 g/mol. The van der Waals surface area contributed by atoms with Gasteiger partial charge in [-0.2, -0.15) is 13.2 Å². The predicted octanol–water partition coefficient (Wildman–Crippen LogP) is 5.04. The third-order valence-corrected chi connectivity index (χ3v) is 4.15. The topological polar surface area (TPSA) is 17.1 Å². The first-order chi connectivity index (χ1) is 9.97. The summed E-state index contributed by atoms with van der Waals surface area (Å²) in [6.07, 6.45) is -5.35. The van der Waals surface area contributed by atoms with Gasteiger partial charge in [-0.3, -0.25) is 4.79 Å². The number of ketones is 1. The summed E-state index contributed by atoms with van der Waals surface area (Å²) in [5.41, 5.74) is 0.712. The van der Waals surface area contributed by atoms with Crippen LogP contribution in [-0.4, -0.2) is 12.0 Å². The van der Waals surface area contributed by atoms with E-state index in [0.717, 1.165) is 4.90 Å². The summed E-state index contributed by atoms with van der Waals surface area (Å²) in [6, 6.07) is 17.9. The van der Waals surface area contributed by atoms with Crippen LogP contribution >= 0.6 is 11.8 Å². The van der Waals surface area contributed by atoms with Crippen molar-refractivity contribution in [3.05, 3.63) is 66.2 Å². The molecule has 0 bridgehead atoms. The molecule has 5 heteroatoms. The van der Waals surface area contributed by atoms with Crippen molar-refractivity contribution in [2.45, 2.75) is 22.7 Å². The Morgan fingerprint density at radius 3 is 2.00 bits per heavy atom. The molecule has 21 heavy (non-hydrogen) atoms. The predicted molar refractivity (Wildman–Crippen MR) is 77.2 cm³/mol. The minimum atomic E-state index is -4.79. The van der Waals surface area contributed by atoms with E-state index in [4.69, 9.17) is 0 Å².